The predicted molar refractivity (Wildman–Crippen MR) is 127 cm³/mol. The largest absolute Gasteiger partial charge is 0.497 e. The van der Waals surface area contributed by atoms with Crippen molar-refractivity contribution in [3.63, 3.8) is 0 Å². The molecule has 6 nitrogen and oxygen atoms in total. The third kappa shape index (κ3) is 6.25. The van der Waals surface area contributed by atoms with Crippen molar-refractivity contribution in [3.8, 4) is 23.1 Å². The van der Waals surface area contributed by atoms with E-state index in [4.69, 9.17) is 14.2 Å². The number of aromatic nitrogens is 1. The Kier molecular flexibility index (Phi) is 7.80. The summed E-state index contributed by atoms with van der Waals surface area (Å²) in [4.78, 5) is 19.7. The summed E-state index contributed by atoms with van der Waals surface area (Å²) in [5, 5.41) is 0. The molecule has 172 valence electrons. The van der Waals surface area contributed by atoms with E-state index < -0.39 is 0 Å². The molecule has 0 saturated carbocycles. The van der Waals surface area contributed by atoms with Gasteiger partial charge in [0.1, 0.15) is 5.75 Å². The number of pyridine rings is 1. The average molecular weight is 447 g/mol. The summed E-state index contributed by atoms with van der Waals surface area (Å²) in [6.45, 7) is 1.78. The molecule has 1 aromatic heterocycles. The zero-order valence-electron chi connectivity index (χ0n) is 19.0. The first-order valence-corrected chi connectivity index (χ1v) is 11.5. The van der Waals surface area contributed by atoms with E-state index >= 15 is 0 Å². The Morgan fingerprint density at radius 2 is 1.76 bits per heavy atom. The Balaban J connectivity index is 1.57. The maximum atomic E-state index is 13.3. The lowest BCUT2D eigenvalue weighted by Gasteiger charge is -2.24. The number of rotatable bonds is 3. The molecule has 1 aliphatic heterocycles. The lowest BCUT2D eigenvalue weighted by molar-refractivity contribution is -0.131. The van der Waals surface area contributed by atoms with Crippen LogP contribution < -0.4 is 14.2 Å². The molecule has 0 fully saturated rings. The number of ether oxygens (including phenoxy) is 3. The lowest BCUT2D eigenvalue weighted by atomic mass is 10.1. The Hall–Kier alpha value is -3.54. The Labute approximate surface area is 195 Å². The van der Waals surface area contributed by atoms with Crippen LogP contribution in [0.1, 0.15) is 36.8 Å². The second kappa shape index (κ2) is 11.4. The van der Waals surface area contributed by atoms with Crippen LogP contribution in [0.15, 0.2) is 66.9 Å². The molecule has 1 amide bonds. The molecule has 2 heterocycles. The van der Waals surface area contributed by atoms with Gasteiger partial charge < -0.3 is 19.1 Å². The molecule has 33 heavy (non-hydrogen) atoms. The summed E-state index contributed by atoms with van der Waals surface area (Å²) >= 11 is 0. The van der Waals surface area contributed by atoms with Crippen molar-refractivity contribution in [1.29, 1.82) is 0 Å². The second-order valence-electron chi connectivity index (χ2n) is 8.12. The highest BCUT2D eigenvalue weighted by atomic mass is 16.5. The topological polar surface area (TPSA) is 60.9 Å². The van der Waals surface area contributed by atoms with E-state index in [0.717, 1.165) is 42.6 Å². The van der Waals surface area contributed by atoms with E-state index in [0.29, 0.717) is 43.5 Å². The van der Waals surface area contributed by atoms with Crippen LogP contribution >= 0.6 is 0 Å². The number of hydrogen-bond donors (Lipinski definition) is 0. The van der Waals surface area contributed by atoms with Gasteiger partial charge in [-0.3, -0.25) is 4.79 Å². The highest BCUT2D eigenvalue weighted by molar-refractivity contribution is 5.79. The Bertz CT molecular complexity index is 1050. The summed E-state index contributed by atoms with van der Waals surface area (Å²) in [5.41, 5.74) is 1.83. The van der Waals surface area contributed by atoms with E-state index in [1.54, 1.807) is 13.3 Å². The van der Waals surface area contributed by atoms with Gasteiger partial charge in [0.25, 0.3) is 0 Å². The van der Waals surface area contributed by atoms with Gasteiger partial charge >= 0.3 is 0 Å². The molecule has 0 radical (unpaired) electrons. The maximum Gasteiger partial charge on any atom is 0.227 e. The quantitative estimate of drug-likeness (QED) is 0.539. The molecule has 4 rings (SSSR count). The van der Waals surface area contributed by atoms with Crippen molar-refractivity contribution in [1.82, 2.24) is 9.88 Å². The molecule has 1 aliphatic rings. The minimum atomic E-state index is 0.0887. The lowest BCUT2D eigenvalue weighted by Crippen LogP contribution is -2.33. The molecule has 0 unspecified atom stereocenters. The van der Waals surface area contributed by atoms with Gasteiger partial charge in [0.05, 0.1) is 26.7 Å². The number of carbonyl (C=O) groups excluding carboxylic acids is 1. The van der Waals surface area contributed by atoms with Gasteiger partial charge in [-0.15, -0.1) is 0 Å². The van der Waals surface area contributed by atoms with Gasteiger partial charge in [0.2, 0.25) is 11.8 Å². The average Bonchev–Trinajstić information content (AvgIpc) is 2.84. The van der Waals surface area contributed by atoms with Gasteiger partial charge in [-0.25, -0.2) is 4.98 Å². The molecule has 0 atom stereocenters. The molecule has 0 bridgehead atoms. The van der Waals surface area contributed by atoms with Crippen molar-refractivity contribution in [2.24, 2.45) is 0 Å². The fourth-order valence-corrected chi connectivity index (χ4v) is 3.86. The van der Waals surface area contributed by atoms with Gasteiger partial charge in [-0.2, -0.15) is 0 Å². The van der Waals surface area contributed by atoms with Gasteiger partial charge in [-0.1, -0.05) is 43.2 Å². The fraction of sp³-hybridized carbons (Fsp3) is 0.333. The number of para-hydroxylation sites is 2. The predicted octanol–water partition coefficient (Wildman–Crippen LogP) is 5.41. The summed E-state index contributed by atoms with van der Waals surface area (Å²) in [6, 6.07) is 19.1. The number of benzene rings is 2. The third-order valence-electron chi connectivity index (χ3n) is 5.71. The first-order chi connectivity index (χ1) is 16.2. The number of fused-ring (bicyclic) bond motifs is 2. The minimum absolute atomic E-state index is 0.0887. The third-order valence-corrected chi connectivity index (χ3v) is 5.71. The molecule has 0 N–H and O–H groups in total. The number of hydrogen-bond acceptors (Lipinski definition) is 5. The van der Waals surface area contributed by atoms with Crippen LogP contribution in [0.2, 0.25) is 0 Å². The molecule has 3 aromatic rings. The van der Waals surface area contributed by atoms with Crippen LogP contribution in [0.25, 0.3) is 0 Å². The normalized spacial score (nSPS) is 14.6. The van der Waals surface area contributed by atoms with E-state index in [9.17, 15) is 4.79 Å². The summed E-state index contributed by atoms with van der Waals surface area (Å²) < 4.78 is 17.4. The van der Waals surface area contributed by atoms with Crippen LogP contribution in [0.4, 0.5) is 0 Å². The van der Waals surface area contributed by atoms with Gasteiger partial charge in [0, 0.05) is 18.3 Å². The maximum absolute atomic E-state index is 13.3. The van der Waals surface area contributed by atoms with Crippen molar-refractivity contribution in [2.75, 3.05) is 20.3 Å². The zero-order chi connectivity index (χ0) is 22.9. The van der Waals surface area contributed by atoms with Crippen molar-refractivity contribution in [3.05, 3.63) is 78.0 Å². The first-order valence-electron chi connectivity index (χ1n) is 11.5. The van der Waals surface area contributed by atoms with Crippen molar-refractivity contribution >= 4 is 5.91 Å². The number of methoxy groups -OCH3 is 1. The minimum Gasteiger partial charge on any atom is -0.497 e. The molecule has 0 spiro atoms. The molecular formula is C27H30N2O4. The molecule has 6 heteroatoms. The Morgan fingerprint density at radius 3 is 2.58 bits per heavy atom. The monoisotopic (exact) mass is 446 g/mol. The SMILES string of the molecule is COc1ccc(CC(=O)N2CCCCCCOc3ccccc3Oc3ncccc3C2)cc1. The number of amides is 1. The molecular weight excluding hydrogens is 416 g/mol. The van der Waals surface area contributed by atoms with Crippen LogP contribution in [-0.2, 0) is 17.8 Å². The van der Waals surface area contributed by atoms with Crippen LogP contribution in [0.5, 0.6) is 23.1 Å². The standard InChI is InChI=1S/C27H30N2O4/c1-31-23-14-12-21(13-15-23)19-26(30)29-17-6-2-3-7-18-32-24-10-4-5-11-25(24)33-27-22(20-29)9-8-16-28-27/h4-5,8-16H,2-3,6-7,17-20H2,1H3. The summed E-state index contributed by atoms with van der Waals surface area (Å²) in [5.74, 6) is 2.70. The van der Waals surface area contributed by atoms with E-state index in [1.165, 1.54) is 0 Å². The van der Waals surface area contributed by atoms with Crippen LogP contribution in [0.3, 0.4) is 0 Å². The fourth-order valence-electron chi connectivity index (χ4n) is 3.86. The number of carbonyl (C=O) groups is 1. The van der Waals surface area contributed by atoms with Crippen LogP contribution in [0, 0.1) is 0 Å². The zero-order valence-corrected chi connectivity index (χ0v) is 19.0. The smallest absolute Gasteiger partial charge is 0.227 e. The highest BCUT2D eigenvalue weighted by Gasteiger charge is 2.19. The summed E-state index contributed by atoms with van der Waals surface area (Å²) in [6.07, 6.45) is 6.06. The van der Waals surface area contributed by atoms with E-state index in [2.05, 4.69) is 4.98 Å². The molecule has 0 saturated heterocycles. The first kappa shape index (κ1) is 22.6. The van der Waals surface area contributed by atoms with Crippen LogP contribution in [-0.4, -0.2) is 36.1 Å². The second-order valence-corrected chi connectivity index (χ2v) is 8.12. The van der Waals surface area contributed by atoms with Gasteiger partial charge in [-0.05, 0) is 48.7 Å². The molecule has 2 aromatic carbocycles. The highest BCUT2D eigenvalue weighted by Crippen LogP contribution is 2.32. The van der Waals surface area contributed by atoms with E-state index in [1.807, 2.05) is 65.6 Å². The van der Waals surface area contributed by atoms with Crippen molar-refractivity contribution < 1.29 is 19.0 Å². The van der Waals surface area contributed by atoms with Gasteiger partial charge in [0.15, 0.2) is 11.5 Å². The Morgan fingerprint density at radius 1 is 0.970 bits per heavy atom. The van der Waals surface area contributed by atoms with E-state index in [-0.39, 0.29) is 5.91 Å². The molecule has 0 aliphatic carbocycles. The summed E-state index contributed by atoms with van der Waals surface area (Å²) in [7, 11) is 1.64. The van der Waals surface area contributed by atoms with Crippen molar-refractivity contribution in [2.45, 2.75) is 38.6 Å². The number of nitrogens with zero attached hydrogens (tertiary/aromatic N) is 2.